The highest BCUT2D eigenvalue weighted by molar-refractivity contribution is 9.10. The van der Waals surface area contributed by atoms with E-state index in [0.717, 1.165) is 4.47 Å². The smallest absolute Gasteiger partial charge is 0.346 e. The van der Waals surface area contributed by atoms with E-state index in [2.05, 4.69) is 30.8 Å². The van der Waals surface area contributed by atoms with Crippen LogP contribution in [-0.4, -0.2) is 40.0 Å². The molecule has 0 aliphatic rings. The van der Waals surface area contributed by atoms with Gasteiger partial charge in [0.2, 0.25) is 5.75 Å². The Morgan fingerprint density at radius 3 is 2.71 bits per heavy atom. The summed E-state index contributed by atoms with van der Waals surface area (Å²) in [6, 6.07) is 9.47. The third-order valence-corrected chi connectivity index (χ3v) is 5.74. The van der Waals surface area contributed by atoms with Crippen LogP contribution in [0.3, 0.4) is 0 Å². The van der Waals surface area contributed by atoms with E-state index in [1.807, 2.05) is 13.8 Å². The van der Waals surface area contributed by atoms with E-state index in [1.165, 1.54) is 43.1 Å². The van der Waals surface area contributed by atoms with Gasteiger partial charge in [-0.2, -0.15) is 9.78 Å². The summed E-state index contributed by atoms with van der Waals surface area (Å²) in [6.45, 7) is 5.32. The lowest BCUT2D eigenvalue weighted by Crippen LogP contribution is -2.26. The van der Waals surface area contributed by atoms with E-state index in [-0.39, 0.29) is 28.5 Å². The number of ether oxygens (including phenoxy) is 2. The Hall–Kier alpha value is -3.60. The number of nitro groups is 1. The molecule has 0 saturated heterocycles. The first-order valence-corrected chi connectivity index (χ1v) is 11.3. The van der Waals surface area contributed by atoms with Gasteiger partial charge >= 0.3 is 11.7 Å². The number of benzene rings is 2. The predicted molar refractivity (Wildman–Crippen MR) is 131 cm³/mol. The summed E-state index contributed by atoms with van der Waals surface area (Å²) in [4.78, 5) is 40.7. The van der Waals surface area contributed by atoms with Crippen LogP contribution < -0.4 is 10.3 Å². The van der Waals surface area contributed by atoms with Gasteiger partial charge in [-0.25, -0.2) is 9.78 Å². The fourth-order valence-corrected chi connectivity index (χ4v) is 3.57. The van der Waals surface area contributed by atoms with Crippen LogP contribution in [0.25, 0.3) is 10.9 Å². The van der Waals surface area contributed by atoms with Crippen molar-refractivity contribution in [1.29, 1.82) is 0 Å². The van der Waals surface area contributed by atoms with Gasteiger partial charge in [-0.3, -0.25) is 14.9 Å². The quantitative estimate of drug-likeness (QED) is 0.183. The van der Waals surface area contributed by atoms with Crippen molar-refractivity contribution in [2.75, 3.05) is 7.11 Å². The zero-order valence-corrected chi connectivity index (χ0v) is 20.6. The SMILES string of the molecule is CC[C@H](C)c1nc2ccc(Br)cc2c(=O)n1N=Cc1cccc([N+](=O)[O-])c1O[C@H](C)C(=O)OC. The highest BCUT2D eigenvalue weighted by Gasteiger charge is 2.24. The van der Waals surface area contributed by atoms with Gasteiger partial charge in [0.25, 0.3) is 5.56 Å². The van der Waals surface area contributed by atoms with E-state index in [0.29, 0.717) is 23.1 Å². The third kappa shape index (κ3) is 5.14. The molecule has 0 amide bonds. The van der Waals surface area contributed by atoms with Gasteiger partial charge in [-0.1, -0.05) is 35.8 Å². The zero-order chi connectivity index (χ0) is 25.0. The van der Waals surface area contributed by atoms with Gasteiger partial charge in [0, 0.05) is 22.0 Å². The van der Waals surface area contributed by atoms with Crippen molar-refractivity contribution < 1.29 is 19.2 Å². The molecule has 0 spiro atoms. The van der Waals surface area contributed by atoms with E-state index >= 15 is 0 Å². The lowest BCUT2D eigenvalue weighted by molar-refractivity contribution is -0.386. The number of esters is 1. The summed E-state index contributed by atoms with van der Waals surface area (Å²) in [6.07, 6.45) is 0.896. The molecule has 34 heavy (non-hydrogen) atoms. The first kappa shape index (κ1) is 25.0. The van der Waals surface area contributed by atoms with Crippen LogP contribution in [0, 0.1) is 10.1 Å². The van der Waals surface area contributed by atoms with E-state index in [4.69, 9.17) is 4.74 Å². The van der Waals surface area contributed by atoms with Crippen LogP contribution in [0.1, 0.15) is 44.5 Å². The number of hydrogen-bond acceptors (Lipinski definition) is 8. The first-order valence-electron chi connectivity index (χ1n) is 10.5. The number of methoxy groups -OCH3 is 1. The maximum atomic E-state index is 13.3. The molecule has 3 aromatic rings. The molecule has 0 saturated carbocycles. The minimum atomic E-state index is -1.10. The normalized spacial score (nSPS) is 13.1. The molecule has 0 radical (unpaired) electrons. The molecule has 0 aliphatic heterocycles. The number of hydrogen-bond donors (Lipinski definition) is 0. The van der Waals surface area contributed by atoms with Gasteiger partial charge in [0.15, 0.2) is 6.10 Å². The predicted octanol–water partition coefficient (Wildman–Crippen LogP) is 4.40. The summed E-state index contributed by atoms with van der Waals surface area (Å²) in [5, 5.41) is 16.3. The fourth-order valence-electron chi connectivity index (χ4n) is 3.21. The minimum Gasteiger partial charge on any atom is -0.471 e. The maximum absolute atomic E-state index is 13.3. The standard InChI is InChI=1S/C23H23BrN4O6/c1-5-13(2)21-26-18-10-9-16(24)11-17(18)22(29)27(21)25-12-15-7-6-8-19(28(31)32)20(15)34-14(3)23(30)33-4/h6-14H,5H2,1-4H3/t13-,14+/m0/s1. The molecule has 1 heterocycles. The highest BCUT2D eigenvalue weighted by atomic mass is 79.9. The van der Waals surface area contributed by atoms with Gasteiger partial charge in [-0.05, 0) is 37.6 Å². The number of carbonyl (C=O) groups is 1. The summed E-state index contributed by atoms with van der Waals surface area (Å²) in [7, 11) is 1.19. The molecule has 0 unspecified atom stereocenters. The molecule has 11 heteroatoms. The van der Waals surface area contributed by atoms with Gasteiger partial charge < -0.3 is 9.47 Å². The second kappa shape index (κ2) is 10.6. The monoisotopic (exact) mass is 530 g/mol. The number of para-hydroxylation sites is 1. The topological polar surface area (TPSA) is 126 Å². The van der Waals surface area contributed by atoms with Gasteiger partial charge in [0.1, 0.15) is 5.82 Å². The van der Waals surface area contributed by atoms with Crippen molar-refractivity contribution in [3.63, 3.8) is 0 Å². The molecule has 0 fully saturated rings. The van der Waals surface area contributed by atoms with Crippen LogP contribution >= 0.6 is 15.9 Å². The van der Waals surface area contributed by atoms with E-state index in [9.17, 15) is 19.7 Å². The Kier molecular flexibility index (Phi) is 7.77. The number of halogens is 1. The van der Waals surface area contributed by atoms with Crippen LogP contribution in [0.15, 0.2) is 50.8 Å². The van der Waals surface area contributed by atoms with Crippen molar-refractivity contribution >= 4 is 44.7 Å². The number of nitrogens with zero attached hydrogens (tertiary/aromatic N) is 4. The number of carbonyl (C=O) groups excluding carboxylic acids is 1. The molecule has 2 aromatic carbocycles. The highest BCUT2D eigenvalue weighted by Crippen LogP contribution is 2.31. The zero-order valence-electron chi connectivity index (χ0n) is 19.0. The lowest BCUT2D eigenvalue weighted by Gasteiger charge is -2.15. The summed E-state index contributed by atoms with van der Waals surface area (Å²) in [5.41, 5.74) is 0.0194. The van der Waals surface area contributed by atoms with Crippen LogP contribution in [0.5, 0.6) is 5.75 Å². The van der Waals surface area contributed by atoms with Crippen molar-refractivity contribution in [3.8, 4) is 5.75 Å². The number of aromatic nitrogens is 2. The van der Waals surface area contributed by atoms with Gasteiger partial charge in [-0.15, -0.1) is 0 Å². The van der Waals surface area contributed by atoms with E-state index < -0.39 is 17.0 Å². The molecule has 2 atom stereocenters. The average molecular weight is 531 g/mol. The average Bonchev–Trinajstić information content (AvgIpc) is 2.82. The summed E-state index contributed by atoms with van der Waals surface area (Å²) < 4.78 is 12.1. The van der Waals surface area contributed by atoms with Crippen LogP contribution in [-0.2, 0) is 9.53 Å². The van der Waals surface area contributed by atoms with E-state index in [1.54, 1.807) is 18.2 Å². The molecular formula is C23H23BrN4O6. The van der Waals surface area contributed by atoms with Crippen LogP contribution in [0.4, 0.5) is 5.69 Å². The Balaban J connectivity index is 2.19. The Morgan fingerprint density at radius 2 is 2.06 bits per heavy atom. The maximum Gasteiger partial charge on any atom is 0.346 e. The Morgan fingerprint density at radius 1 is 1.32 bits per heavy atom. The van der Waals surface area contributed by atoms with Crippen LogP contribution in [0.2, 0.25) is 0 Å². The third-order valence-electron chi connectivity index (χ3n) is 5.25. The molecule has 0 bridgehead atoms. The van der Waals surface area contributed by atoms with Crippen molar-refractivity contribution in [1.82, 2.24) is 9.66 Å². The molecular weight excluding hydrogens is 508 g/mol. The minimum absolute atomic E-state index is 0.0851. The molecule has 0 aliphatic carbocycles. The number of nitro benzene ring substituents is 1. The number of rotatable bonds is 8. The molecule has 3 rings (SSSR count). The Bertz CT molecular complexity index is 1340. The second-order valence-electron chi connectivity index (χ2n) is 7.54. The summed E-state index contributed by atoms with van der Waals surface area (Å²) >= 11 is 3.37. The van der Waals surface area contributed by atoms with Crippen molar-refractivity contribution in [3.05, 3.63) is 72.7 Å². The van der Waals surface area contributed by atoms with Crippen molar-refractivity contribution in [2.45, 2.75) is 39.2 Å². The first-order chi connectivity index (χ1) is 16.2. The molecule has 1 aromatic heterocycles. The molecule has 178 valence electrons. The molecule has 0 N–H and O–H groups in total. The fraction of sp³-hybridized carbons (Fsp3) is 0.304. The van der Waals surface area contributed by atoms with Crippen molar-refractivity contribution in [2.24, 2.45) is 5.10 Å². The number of fused-ring (bicyclic) bond motifs is 1. The largest absolute Gasteiger partial charge is 0.471 e. The Labute approximate surface area is 203 Å². The summed E-state index contributed by atoms with van der Waals surface area (Å²) in [5.74, 6) is -0.489. The van der Waals surface area contributed by atoms with Gasteiger partial charge in [0.05, 0.1) is 29.2 Å². The lowest BCUT2D eigenvalue weighted by atomic mass is 10.1. The second-order valence-corrected chi connectivity index (χ2v) is 8.45. The molecule has 10 nitrogen and oxygen atoms in total.